The lowest BCUT2D eigenvalue weighted by Gasteiger charge is -2.33. The molecule has 212 valence electrons. The number of likely N-dealkylation sites (tertiary alicyclic amines) is 1. The standard InChI is InChI=1S/C27H22F5N7O2/c1-13(10-34-2)27(40)38-7-3-4-14(11-38)39-26-20(25(33)35-12-36-26)23(37-39)16-6-5-15(8-17(16)28)41-24-21(31)18(29)9-19(30)22(24)32/h5-6,8-10,12,14H,1,3-4,7,11H2,2H3,(H2,33,35,36)/b34-10+. The molecule has 0 aliphatic carbocycles. The van der Waals surface area contributed by atoms with Gasteiger partial charge in [0.1, 0.15) is 29.4 Å². The molecule has 41 heavy (non-hydrogen) atoms. The second-order valence-electron chi connectivity index (χ2n) is 9.25. The van der Waals surface area contributed by atoms with Crippen molar-refractivity contribution in [3.63, 3.8) is 0 Å². The number of ether oxygens (including phenoxy) is 1. The van der Waals surface area contributed by atoms with Gasteiger partial charge in [0, 0.05) is 44.0 Å². The van der Waals surface area contributed by atoms with Crippen LogP contribution in [0.5, 0.6) is 11.5 Å². The number of carbonyl (C=O) groups is 1. The number of amides is 1. The normalized spacial score (nSPS) is 15.6. The van der Waals surface area contributed by atoms with Crippen molar-refractivity contribution in [1.82, 2.24) is 24.6 Å². The van der Waals surface area contributed by atoms with Crippen molar-refractivity contribution in [3.05, 3.63) is 71.8 Å². The molecule has 1 amide bonds. The van der Waals surface area contributed by atoms with E-state index in [1.807, 2.05) is 0 Å². The molecule has 0 spiro atoms. The van der Waals surface area contributed by atoms with Gasteiger partial charge in [-0.1, -0.05) is 6.58 Å². The molecule has 2 aromatic carbocycles. The third-order valence-electron chi connectivity index (χ3n) is 6.59. The Kier molecular flexibility index (Phi) is 7.39. The molecular formula is C27H22F5N7O2. The number of rotatable bonds is 6. The molecule has 5 rings (SSSR count). The Hall–Kier alpha value is -4.88. The number of halogens is 5. The van der Waals surface area contributed by atoms with Gasteiger partial charge in [-0.2, -0.15) is 13.9 Å². The van der Waals surface area contributed by atoms with Crippen LogP contribution < -0.4 is 10.5 Å². The van der Waals surface area contributed by atoms with Crippen molar-refractivity contribution in [3.8, 4) is 22.8 Å². The second kappa shape index (κ2) is 10.9. The van der Waals surface area contributed by atoms with Gasteiger partial charge in [0.2, 0.25) is 17.4 Å². The molecule has 2 aromatic heterocycles. The molecule has 1 saturated heterocycles. The molecule has 1 aliphatic rings. The van der Waals surface area contributed by atoms with Crippen LogP contribution in [0.1, 0.15) is 18.9 Å². The zero-order valence-electron chi connectivity index (χ0n) is 21.5. The van der Waals surface area contributed by atoms with Gasteiger partial charge in [-0.25, -0.2) is 27.8 Å². The highest BCUT2D eigenvalue weighted by molar-refractivity contribution is 6.11. The summed E-state index contributed by atoms with van der Waals surface area (Å²) in [6.45, 7) is 4.52. The molecule has 0 bridgehead atoms. The number of carbonyl (C=O) groups excluding carboxylic acids is 1. The van der Waals surface area contributed by atoms with Crippen molar-refractivity contribution in [2.45, 2.75) is 18.9 Å². The van der Waals surface area contributed by atoms with Crippen LogP contribution in [-0.4, -0.2) is 56.9 Å². The summed E-state index contributed by atoms with van der Waals surface area (Å²) in [4.78, 5) is 26.6. The highest BCUT2D eigenvalue weighted by atomic mass is 19.2. The molecule has 14 heteroatoms. The second-order valence-corrected chi connectivity index (χ2v) is 9.25. The number of anilines is 1. The monoisotopic (exact) mass is 571 g/mol. The van der Waals surface area contributed by atoms with E-state index < -0.39 is 40.6 Å². The third kappa shape index (κ3) is 5.08. The maximum absolute atomic E-state index is 15.4. The summed E-state index contributed by atoms with van der Waals surface area (Å²) in [6, 6.07) is 2.83. The molecule has 1 aliphatic heterocycles. The quantitative estimate of drug-likeness (QED) is 0.151. The third-order valence-corrected chi connectivity index (χ3v) is 6.59. The molecule has 1 unspecified atom stereocenters. The molecule has 9 nitrogen and oxygen atoms in total. The van der Waals surface area contributed by atoms with Crippen LogP contribution in [0.25, 0.3) is 22.3 Å². The van der Waals surface area contributed by atoms with Crippen LogP contribution in [0.15, 0.2) is 47.7 Å². The fraction of sp³-hybridized carbons (Fsp3) is 0.222. The average Bonchev–Trinajstić information content (AvgIpc) is 3.35. The van der Waals surface area contributed by atoms with Gasteiger partial charge in [0.15, 0.2) is 17.3 Å². The lowest BCUT2D eigenvalue weighted by atomic mass is 10.0. The Morgan fingerprint density at radius 2 is 1.85 bits per heavy atom. The van der Waals surface area contributed by atoms with Gasteiger partial charge in [0.25, 0.3) is 5.91 Å². The summed E-state index contributed by atoms with van der Waals surface area (Å²) in [5.74, 6) is -9.87. The van der Waals surface area contributed by atoms with Crippen LogP contribution in [0.4, 0.5) is 27.8 Å². The van der Waals surface area contributed by atoms with E-state index in [2.05, 4.69) is 26.6 Å². The first-order valence-corrected chi connectivity index (χ1v) is 12.3. The van der Waals surface area contributed by atoms with E-state index in [1.54, 1.807) is 9.58 Å². The highest BCUT2D eigenvalue weighted by Gasteiger charge is 2.30. The minimum Gasteiger partial charge on any atom is -0.451 e. The van der Waals surface area contributed by atoms with E-state index in [0.717, 1.165) is 12.1 Å². The van der Waals surface area contributed by atoms with Crippen molar-refractivity contribution in [2.75, 3.05) is 25.9 Å². The molecule has 2 N–H and O–H groups in total. The molecule has 3 heterocycles. The van der Waals surface area contributed by atoms with Crippen LogP contribution in [0, 0.1) is 29.1 Å². The Labute approximate surface area is 229 Å². The first-order chi connectivity index (χ1) is 19.6. The van der Waals surface area contributed by atoms with Gasteiger partial charge >= 0.3 is 0 Å². The topological polar surface area (TPSA) is 112 Å². The molecule has 1 fully saturated rings. The summed E-state index contributed by atoms with van der Waals surface area (Å²) >= 11 is 0. The van der Waals surface area contributed by atoms with Gasteiger partial charge in [0.05, 0.1) is 17.0 Å². The van der Waals surface area contributed by atoms with Gasteiger partial charge < -0.3 is 15.4 Å². The lowest BCUT2D eigenvalue weighted by Crippen LogP contribution is -2.41. The SMILES string of the molecule is C=C(/C=N/C)C(=O)N1CCCC(n2nc(-c3ccc(Oc4c(F)c(F)cc(F)c4F)cc3F)c3c(N)ncnc32)C1. The number of aromatic nitrogens is 4. The number of fused-ring (bicyclic) bond motifs is 1. The number of piperidine rings is 1. The smallest absolute Gasteiger partial charge is 0.254 e. The predicted molar refractivity (Wildman–Crippen MR) is 140 cm³/mol. The minimum absolute atomic E-state index is 0.0200. The zero-order chi connectivity index (χ0) is 29.4. The Bertz CT molecular complexity index is 1700. The van der Waals surface area contributed by atoms with Crippen molar-refractivity contribution in [1.29, 1.82) is 0 Å². The van der Waals surface area contributed by atoms with Crippen molar-refractivity contribution < 1.29 is 31.5 Å². The van der Waals surface area contributed by atoms with Crippen molar-refractivity contribution >= 4 is 29.0 Å². The number of benzene rings is 2. The minimum atomic E-state index is -1.77. The van der Waals surface area contributed by atoms with E-state index in [4.69, 9.17) is 10.5 Å². The average molecular weight is 572 g/mol. The van der Waals surface area contributed by atoms with Crippen LogP contribution in [-0.2, 0) is 4.79 Å². The van der Waals surface area contributed by atoms with E-state index >= 15 is 4.39 Å². The first-order valence-electron chi connectivity index (χ1n) is 12.3. The summed E-state index contributed by atoms with van der Waals surface area (Å²) in [5.41, 5.74) is 6.66. The van der Waals surface area contributed by atoms with Gasteiger partial charge in [-0.05, 0) is 25.0 Å². The predicted octanol–water partition coefficient (Wildman–Crippen LogP) is 4.98. The Morgan fingerprint density at radius 3 is 2.54 bits per heavy atom. The van der Waals surface area contributed by atoms with Crippen LogP contribution in [0.2, 0.25) is 0 Å². The fourth-order valence-corrected chi connectivity index (χ4v) is 4.70. The number of nitrogen functional groups attached to an aromatic ring is 1. The van der Waals surface area contributed by atoms with Gasteiger partial charge in [-0.15, -0.1) is 0 Å². The number of hydrogen-bond donors (Lipinski definition) is 1. The number of nitrogens with zero attached hydrogens (tertiary/aromatic N) is 6. The van der Waals surface area contributed by atoms with E-state index in [0.29, 0.717) is 25.0 Å². The number of nitrogens with two attached hydrogens (primary N) is 1. The number of aliphatic imine (C=N–C) groups is 1. The van der Waals surface area contributed by atoms with Gasteiger partial charge in [-0.3, -0.25) is 9.79 Å². The molecule has 1 atom stereocenters. The zero-order valence-corrected chi connectivity index (χ0v) is 21.5. The molecular weight excluding hydrogens is 549 g/mol. The largest absolute Gasteiger partial charge is 0.451 e. The van der Waals surface area contributed by atoms with E-state index in [9.17, 15) is 22.4 Å². The Balaban J connectivity index is 1.51. The summed E-state index contributed by atoms with van der Waals surface area (Å²) in [5, 5.41) is 4.84. The maximum Gasteiger partial charge on any atom is 0.254 e. The van der Waals surface area contributed by atoms with Crippen LogP contribution in [0.3, 0.4) is 0 Å². The van der Waals surface area contributed by atoms with Crippen molar-refractivity contribution in [2.24, 2.45) is 4.99 Å². The molecule has 4 aromatic rings. The Morgan fingerprint density at radius 1 is 1.12 bits per heavy atom. The highest BCUT2D eigenvalue weighted by Crippen LogP contribution is 2.37. The number of hydrogen-bond acceptors (Lipinski definition) is 7. The molecule has 0 radical (unpaired) electrons. The summed E-state index contributed by atoms with van der Waals surface area (Å²) in [6.07, 6.45) is 3.90. The van der Waals surface area contributed by atoms with E-state index in [-0.39, 0.29) is 52.6 Å². The van der Waals surface area contributed by atoms with Crippen LogP contribution >= 0.6 is 0 Å². The summed E-state index contributed by atoms with van der Waals surface area (Å²) < 4.78 is 77.2. The maximum atomic E-state index is 15.4. The fourth-order valence-electron chi connectivity index (χ4n) is 4.70. The van der Waals surface area contributed by atoms with E-state index in [1.165, 1.54) is 25.7 Å². The lowest BCUT2D eigenvalue weighted by molar-refractivity contribution is -0.128. The first kappa shape index (κ1) is 27.7. The summed E-state index contributed by atoms with van der Waals surface area (Å²) in [7, 11) is 1.54. The molecule has 0 saturated carbocycles.